The van der Waals surface area contributed by atoms with E-state index in [2.05, 4.69) is 15.3 Å². The number of nitrogens with zero attached hydrogens (tertiary/aromatic N) is 6. The third kappa shape index (κ3) is 16.3. The number of hydrogen-bond donors (Lipinski definition) is 3. The molecule has 4 amide bonds. The number of carboxylic acid groups (broad SMARTS) is 1. The van der Waals surface area contributed by atoms with Crippen LogP contribution in [0.5, 0.6) is 0 Å². The number of azide groups is 1. The van der Waals surface area contributed by atoms with Gasteiger partial charge in [-0.2, -0.15) is 0 Å². The van der Waals surface area contributed by atoms with E-state index in [0.29, 0.717) is 19.4 Å². The molecule has 2 unspecified atom stereocenters. The van der Waals surface area contributed by atoms with E-state index in [1.54, 1.807) is 31.0 Å². The number of likely N-dealkylation sites (N-methyl/N-ethyl adjacent to an activating group) is 2. The van der Waals surface area contributed by atoms with Crippen LogP contribution in [0.1, 0.15) is 86.1 Å². The number of methoxy groups -OCH3 is 2. The summed E-state index contributed by atoms with van der Waals surface area (Å²) >= 11 is 0. The molecule has 18 nitrogen and oxygen atoms in total. The number of likely N-dealkylation sites (tertiary alicyclic amines) is 1. The van der Waals surface area contributed by atoms with E-state index in [-0.39, 0.29) is 93.8 Å². The first-order chi connectivity index (χ1) is 30.4. The van der Waals surface area contributed by atoms with Crippen molar-refractivity contribution in [3.8, 4) is 0 Å². The van der Waals surface area contributed by atoms with Gasteiger partial charge >= 0.3 is 5.97 Å². The number of aliphatic carboxylic acids is 1. The maximum absolute atomic E-state index is 14.5. The lowest BCUT2D eigenvalue weighted by Crippen LogP contribution is -2.60. The van der Waals surface area contributed by atoms with Gasteiger partial charge in [-0.05, 0) is 48.1 Å². The maximum Gasteiger partial charge on any atom is 0.308 e. The molecule has 1 heterocycles. The summed E-state index contributed by atoms with van der Waals surface area (Å²) in [7, 11) is 6.34. The number of amides is 4. The number of nitrogens with one attached hydrogen (secondary N) is 1. The van der Waals surface area contributed by atoms with E-state index in [9.17, 15) is 29.1 Å². The zero-order valence-corrected chi connectivity index (χ0v) is 40.2. The number of rotatable bonds is 30. The van der Waals surface area contributed by atoms with E-state index in [4.69, 9.17) is 30.2 Å². The van der Waals surface area contributed by atoms with Crippen LogP contribution in [0.3, 0.4) is 0 Å². The zero-order valence-electron chi connectivity index (χ0n) is 40.2. The summed E-state index contributed by atoms with van der Waals surface area (Å²) < 4.78 is 22.9. The first-order valence-corrected chi connectivity index (χ1v) is 22.7. The van der Waals surface area contributed by atoms with Gasteiger partial charge in [-0.3, -0.25) is 24.0 Å². The second-order valence-electron chi connectivity index (χ2n) is 17.7. The third-order valence-corrected chi connectivity index (χ3v) is 12.7. The molecule has 1 saturated heterocycles. The van der Waals surface area contributed by atoms with Gasteiger partial charge in [0.2, 0.25) is 23.6 Å². The molecule has 1 aliphatic heterocycles. The summed E-state index contributed by atoms with van der Waals surface area (Å²) in [4.78, 5) is 76.1. The van der Waals surface area contributed by atoms with Crippen LogP contribution >= 0.6 is 0 Å². The highest BCUT2D eigenvalue weighted by atomic mass is 16.5. The molecule has 1 aliphatic rings. The molecule has 1 aromatic rings. The molecule has 362 valence electrons. The van der Waals surface area contributed by atoms with Crippen molar-refractivity contribution in [2.45, 2.75) is 129 Å². The van der Waals surface area contributed by atoms with Gasteiger partial charge in [0.15, 0.2) is 0 Å². The van der Waals surface area contributed by atoms with Crippen molar-refractivity contribution in [1.29, 1.82) is 0 Å². The molecular weight excluding hydrogens is 825 g/mol. The molecule has 4 N–H and O–H groups in total. The summed E-state index contributed by atoms with van der Waals surface area (Å²) in [6.07, 6.45) is 1.09. The first kappa shape index (κ1) is 55.8. The molecule has 0 aromatic heterocycles. The highest BCUT2D eigenvalue weighted by molar-refractivity contribution is 5.92. The Bertz CT molecular complexity index is 1650. The Morgan fingerprint density at radius 1 is 0.953 bits per heavy atom. The van der Waals surface area contributed by atoms with Crippen molar-refractivity contribution in [3.05, 3.63) is 46.3 Å². The van der Waals surface area contributed by atoms with E-state index in [1.807, 2.05) is 78.8 Å². The Balaban J connectivity index is 2.22. The van der Waals surface area contributed by atoms with Crippen LogP contribution in [-0.2, 0) is 49.3 Å². The largest absolute Gasteiger partial charge is 0.481 e. The lowest BCUT2D eigenvalue weighted by atomic mass is 9.80. The fraction of sp³-hybridized carbons (Fsp3) is 0.761. The van der Waals surface area contributed by atoms with Crippen molar-refractivity contribution in [3.63, 3.8) is 0 Å². The van der Waals surface area contributed by atoms with E-state index in [1.165, 1.54) is 12.0 Å². The average Bonchev–Trinajstić information content (AvgIpc) is 3.75. The summed E-state index contributed by atoms with van der Waals surface area (Å²) in [6, 6.07) is 5.90. The van der Waals surface area contributed by atoms with Crippen molar-refractivity contribution in [2.75, 3.05) is 67.8 Å². The zero-order chi connectivity index (χ0) is 48.1. The topological polar surface area (TPSA) is 239 Å². The minimum absolute atomic E-state index is 0.0303. The Labute approximate surface area is 380 Å². The number of carbonyl (C=O) groups excluding carboxylic acids is 4. The first-order valence-electron chi connectivity index (χ1n) is 22.7. The van der Waals surface area contributed by atoms with Crippen molar-refractivity contribution in [2.24, 2.45) is 40.4 Å². The monoisotopic (exact) mass is 903 g/mol. The van der Waals surface area contributed by atoms with Gasteiger partial charge in [-0.25, -0.2) is 0 Å². The SMILES string of the molecule is CC[C@@H](C)[C@@H](C(CC(=O)N1CCC[C@H]1[C@H](OC)[C@H](C)C(N)[C@H](Cc1ccccc1)C(=O)O)OC)N(C)C(=O)[C@@H](NC(=O)[C@H](C(C)C)N(C)C(=O)CCOCCOCCN=[N+]=[N-])C(C)C. The second-order valence-corrected chi connectivity index (χ2v) is 17.7. The second kappa shape index (κ2) is 28.6. The highest BCUT2D eigenvalue weighted by Crippen LogP contribution is 2.32. The molecule has 0 aliphatic carbocycles. The lowest BCUT2D eigenvalue weighted by Gasteiger charge is -2.41. The molecule has 10 atom stereocenters. The molecule has 0 radical (unpaired) electrons. The van der Waals surface area contributed by atoms with Crippen LogP contribution in [0, 0.1) is 29.6 Å². The minimum Gasteiger partial charge on any atom is -0.481 e. The predicted molar refractivity (Wildman–Crippen MR) is 244 cm³/mol. The molecule has 1 aromatic carbocycles. The van der Waals surface area contributed by atoms with Crippen molar-refractivity contribution >= 4 is 29.6 Å². The van der Waals surface area contributed by atoms with Crippen LogP contribution < -0.4 is 11.1 Å². The Hall–Kier alpha value is -4.32. The van der Waals surface area contributed by atoms with Crippen LogP contribution in [0.4, 0.5) is 0 Å². The van der Waals surface area contributed by atoms with Gasteiger partial charge in [-0.15, -0.1) is 0 Å². The number of nitrogens with two attached hydrogens (primary N) is 1. The summed E-state index contributed by atoms with van der Waals surface area (Å²) in [5, 5.41) is 16.6. The van der Waals surface area contributed by atoms with Gasteiger partial charge in [0.05, 0.1) is 69.5 Å². The summed E-state index contributed by atoms with van der Waals surface area (Å²) in [6.45, 7) is 14.9. The third-order valence-electron chi connectivity index (χ3n) is 12.7. The van der Waals surface area contributed by atoms with Crippen LogP contribution in [0.25, 0.3) is 10.4 Å². The van der Waals surface area contributed by atoms with E-state index >= 15 is 0 Å². The number of carboxylic acids is 1. The normalized spacial score (nSPS) is 18.2. The minimum atomic E-state index is -0.991. The Kier molecular flexibility index (Phi) is 24.9. The molecule has 0 bridgehead atoms. The van der Waals surface area contributed by atoms with Gasteiger partial charge in [0.1, 0.15) is 12.1 Å². The molecule has 0 saturated carbocycles. The molecule has 1 fully saturated rings. The molecule has 0 spiro atoms. The smallest absolute Gasteiger partial charge is 0.308 e. The highest BCUT2D eigenvalue weighted by Gasteiger charge is 2.44. The molecule has 2 rings (SSSR count). The van der Waals surface area contributed by atoms with Crippen LogP contribution in [0.15, 0.2) is 35.4 Å². The maximum atomic E-state index is 14.5. The number of carbonyl (C=O) groups is 5. The molecule has 18 heteroatoms. The van der Waals surface area contributed by atoms with E-state index in [0.717, 1.165) is 12.0 Å². The number of hydrogen-bond acceptors (Lipinski definition) is 11. The summed E-state index contributed by atoms with van der Waals surface area (Å²) in [5.41, 5.74) is 15.9. The van der Waals surface area contributed by atoms with Gasteiger partial charge in [-0.1, -0.05) is 90.3 Å². The van der Waals surface area contributed by atoms with Gasteiger partial charge < -0.3 is 49.8 Å². The lowest BCUT2D eigenvalue weighted by molar-refractivity contribution is -0.148. The predicted octanol–water partition coefficient (Wildman–Crippen LogP) is 4.53. The van der Waals surface area contributed by atoms with Crippen LogP contribution in [-0.4, -0.2) is 160 Å². The summed E-state index contributed by atoms with van der Waals surface area (Å²) in [5.74, 6) is -4.26. The van der Waals surface area contributed by atoms with Crippen LogP contribution in [0.2, 0.25) is 0 Å². The van der Waals surface area contributed by atoms with E-state index < -0.39 is 60.1 Å². The quantitative estimate of drug-likeness (QED) is 0.0419. The fourth-order valence-electron chi connectivity index (χ4n) is 8.89. The van der Waals surface area contributed by atoms with Gasteiger partial charge in [0.25, 0.3) is 0 Å². The molecule has 64 heavy (non-hydrogen) atoms. The number of ether oxygens (including phenoxy) is 4. The average molecular weight is 903 g/mol. The molecular formula is C46H78N8O10. The van der Waals surface area contributed by atoms with Crippen molar-refractivity contribution in [1.82, 2.24) is 20.0 Å². The number of benzene rings is 1. The fourth-order valence-corrected chi connectivity index (χ4v) is 8.89. The standard InChI is InChI=1S/C46H78N8O10/c1-12-31(6)42(53(9)45(58)40(29(2)3)50-44(57)41(30(4)5)52(8)37(55)20-23-63-25-26-64-24-21-49-51-48)36(61-10)28-38(56)54-22-16-19-35(54)43(62-11)32(7)39(47)34(46(59)60)27-33-17-14-13-15-18-33/h13-15,17-18,29-32,34-36,39-43H,12,16,19-28,47H2,1-11H3,(H,50,57)(H,59,60)/t31-,32-,34+,35+,36?,39?,40+,41+,42+,43-/m1/s1. The van der Waals surface area contributed by atoms with Crippen molar-refractivity contribution < 1.29 is 48.0 Å². The van der Waals surface area contributed by atoms with Gasteiger partial charge in [0, 0.05) is 58.3 Å². The Morgan fingerprint density at radius 2 is 1.59 bits per heavy atom. The Morgan fingerprint density at radius 3 is 2.14 bits per heavy atom.